The second-order valence-electron chi connectivity index (χ2n) is 12.2. The predicted octanol–water partition coefficient (Wildman–Crippen LogP) is 10.3. The third-order valence-electron chi connectivity index (χ3n) is 7.47. The maximum atomic E-state index is 13.4. The van der Waals surface area contributed by atoms with Crippen LogP contribution in [-0.4, -0.2) is 30.0 Å². The fourth-order valence-electron chi connectivity index (χ4n) is 4.69. The van der Waals surface area contributed by atoms with Crippen molar-refractivity contribution in [3.63, 3.8) is 0 Å². The van der Waals surface area contributed by atoms with Crippen molar-refractivity contribution in [1.82, 2.24) is 0 Å². The van der Waals surface area contributed by atoms with Crippen molar-refractivity contribution in [2.75, 3.05) is 0 Å². The van der Waals surface area contributed by atoms with E-state index < -0.39 is 27.4 Å². The lowest BCUT2D eigenvalue weighted by Gasteiger charge is -2.43. The summed E-state index contributed by atoms with van der Waals surface area (Å²) < 4.78 is 30.5. The van der Waals surface area contributed by atoms with Crippen LogP contribution in [0.2, 0.25) is 0 Å². The van der Waals surface area contributed by atoms with Crippen molar-refractivity contribution in [3.8, 4) is 0 Å². The molecule has 0 amide bonds. The van der Waals surface area contributed by atoms with E-state index in [2.05, 4.69) is 65.8 Å². The van der Waals surface area contributed by atoms with Gasteiger partial charge in [0.1, 0.15) is 12.2 Å². The summed E-state index contributed by atoms with van der Waals surface area (Å²) in [5.41, 5.74) is 7.51. The van der Waals surface area contributed by atoms with E-state index in [0.29, 0.717) is 18.4 Å². The molecule has 7 nitrogen and oxygen atoms in total. The minimum absolute atomic E-state index is 0.166. The van der Waals surface area contributed by atoms with Gasteiger partial charge in [-0.05, 0) is 120 Å². The Morgan fingerprint density at radius 1 is 0.595 bits per heavy atom. The quantitative estimate of drug-likeness (QED) is 0.0973. The summed E-state index contributed by atoms with van der Waals surface area (Å²) in [6.45, 7) is 16.3. The van der Waals surface area contributed by atoms with Gasteiger partial charge in [-0.3, -0.25) is 9.13 Å². The van der Waals surface area contributed by atoms with E-state index in [-0.39, 0.29) is 12.8 Å². The van der Waals surface area contributed by atoms with Gasteiger partial charge in [0, 0.05) is 0 Å². The Kier molecular flexibility index (Phi) is 16.2. The molecule has 4 N–H and O–H groups in total. The molecule has 0 saturated carbocycles. The van der Waals surface area contributed by atoms with Gasteiger partial charge in [0.2, 0.25) is 0 Å². The van der Waals surface area contributed by atoms with Crippen LogP contribution in [0.5, 0.6) is 0 Å². The topological polar surface area (TPSA) is 124 Å². The molecule has 42 heavy (non-hydrogen) atoms. The molecule has 0 spiro atoms. The predicted molar refractivity (Wildman–Crippen MR) is 181 cm³/mol. The Balaban J connectivity index is 3.12. The van der Waals surface area contributed by atoms with Gasteiger partial charge in [-0.1, -0.05) is 69.9 Å². The molecule has 0 bridgehead atoms. The Morgan fingerprint density at radius 3 is 1.26 bits per heavy atom. The van der Waals surface area contributed by atoms with Gasteiger partial charge in [-0.15, -0.1) is 0 Å². The summed E-state index contributed by atoms with van der Waals surface area (Å²) in [5, 5.41) is 0. The lowest BCUT2D eigenvalue weighted by atomic mass is 10.0. The zero-order valence-corrected chi connectivity index (χ0v) is 29.7. The van der Waals surface area contributed by atoms with Crippen molar-refractivity contribution in [3.05, 3.63) is 69.9 Å². The fourth-order valence-corrected chi connectivity index (χ4v) is 13.2. The van der Waals surface area contributed by atoms with Crippen molar-refractivity contribution in [1.29, 1.82) is 0 Å². The van der Waals surface area contributed by atoms with E-state index in [1.54, 1.807) is 12.2 Å². The maximum absolute atomic E-state index is 13.4. The van der Waals surface area contributed by atoms with E-state index in [1.807, 2.05) is 13.8 Å². The Bertz CT molecular complexity index is 1190. The maximum Gasteiger partial charge on any atom is 0.363 e. The van der Waals surface area contributed by atoms with E-state index in [4.69, 9.17) is 4.31 Å². The minimum Gasteiger partial charge on any atom is -0.352 e. The van der Waals surface area contributed by atoms with Crippen LogP contribution < -0.4 is 0 Å². The second kappa shape index (κ2) is 17.5. The van der Waals surface area contributed by atoms with Crippen LogP contribution in [0.1, 0.15) is 120 Å². The summed E-state index contributed by atoms with van der Waals surface area (Å²) in [4.78, 5) is 41.1. The SMILES string of the molecule is CC(C)=CCC/C(C)=C/CC/C(C)=C/CC1(C/C=C(\C)CC/C=C(\C)CCC=C(C)C)P(=O)(O)OP(=O)(O)C=P1(O)O. The van der Waals surface area contributed by atoms with Gasteiger partial charge < -0.3 is 19.6 Å². The third kappa shape index (κ3) is 13.3. The Hall–Kier alpha value is -1.000. The summed E-state index contributed by atoms with van der Waals surface area (Å²) in [5.74, 6) is 0. The summed E-state index contributed by atoms with van der Waals surface area (Å²) >= 11 is 0. The van der Waals surface area contributed by atoms with Crippen molar-refractivity contribution in [2.24, 2.45) is 0 Å². The summed E-state index contributed by atoms with van der Waals surface area (Å²) in [6.07, 6.45) is 18.9. The van der Waals surface area contributed by atoms with Crippen LogP contribution in [-0.2, 0) is 13.4 Å². The molecule has 1 aliphatic heterocycles. The fraction of sp³-hybridized carbons (Fsp3) is 0.594. The lowest BCUT2D eigenvalue weighted by Crippen LogP contribution is -2.32. The van der Waals surface area contributed by atoms with Gasteiger partial charge in [0.05, 0.1) is 5.54 Å². The first-order valence-electron chi connectivity index (χ1n) is 14.8. The largest absolute Gasteiger partial charge is 0.363 e. The smallest absolute Gasteiger partial charge is 0.352 e. The number of hydrogen-bond acceptors (Lipinski definition) is 5. The molecule has 0 radical (unpaired) electrons. The Morgan fingerprint density at radius 2 is 0.929 bits per heavy atom. The molecule has 0 aromatic heterocycles. The summed E-state index contributed by atoms with van der Waals surface area (Å²) in [7, 11) is -14.1. The highest BCUT2D eigenvalue weighted by atomic mass is 31.3. The molecule has 1 aliphatic rings. The molecule has 0 saturated heterocycles. The Labute approximate surface area is 255 Å². The zero-order valence-electron chi connectivity index (χ0n) is 27.0. The first-order chi connectivity index (χ1) is 19.3. The van der Waals surface area contributed by atoms with E-state index >= 15 is 0 Å². The molecular weight excluding hydrogens is 589 g/mol. The molecule has 240 valence electrons. The minimum atomic E-state index is -4.93. The third-order valence-corrected chi connectivity index (χ3v) is 16.4. The molecule has 0 aromatic rings. The standard InChI is InChI=1S/C32H55O7P3/c1-26(2)13-9-15-28(5)17-11-19-30(7)21-23-32(40(33,34)25-41(35,36)39-42(32,37)38)24-22-31(8)20-12-18-29(6)16-10-14-27(3)4/h13-14,17-18,21-22,25,33-34H,9-12,15-16,19-20,23-24H2,1-8H3,(H,35,36)(H,37,38)/b28-17+,29-18+,30-21+,31-22+. The molecule has 0 aromatic carbocycles. The van der Waals surface area contributed by atoms with Gasteiger partial charge >= 0.3 is 15.2 Å². The highest BCUT2D eigenvalue weighted by Crippen LogP contribution is 2.83. The first-order valence-corrected chi connectivity index (χ1v) is 19.8. The molecular formula is C32H55O7P3. The van der Waals surface area contributed by atoms with E-state index in [9.17, 15) is 28.7 Å². The highest BCUT2D eigenvalue weighted by molar-refractivity contribution is 7.97. The van der Waals surface area contributed by atoms with E-state index in [1.165, 1.54) is 22.3 Å². The molecule has 0 fully saturated rings. The van der Waals surface area contributed by atoms with Crippen molar-refractivity contribution < 1.29 is 33.0 Å². The van der Waals surface area contributed by atoms with Crippen LogP contribution in [0.4, 0.5) is 0 Å². The van der Waals surface area contributed by atoms with Crippen LogP contribution in [0.3, 0.4) is 0 Å². The molecule has 1 heterocycles. The molecule has 2 unspecified atom stereocenters. The van der Waals surface area contributed by atoms with Gasteiger partial charge in [0.25, 0.3) is 0 Å². The van der Waals surface area contributed by atoms with Crippen molar-refractivity contribution in [2.45, 2.75) is 124 Å². The lowest BCUT2D eigenvalue weighted by molar-refractivity contribution is 0.314. The van der Waals surface area contributed by atoms with Crippen LogP contribution in [0, 0.1) is 0 Å². The second-order valence-corrected chi connectivity index (χ2v) is 19.4. The summed E-state index contributed by atoms with van der Waals surface area (Å²) in [6, 6.07) is 0. The number of hydrogen-bond donors (Lipinski definition) is 4. The van der Waals surface area contributed by atoms with Gasteiger partial charge in [-0.2, -0.15) is 0 Å². The average molecular weight is 645 g/mol. The molecule has 10 heteroatoms. The number of allylic oxidation sites excluding steroid dienone is 12. The first kappa shape index (κ1) is 39.0. The van der Waals surface area contributed by atoms with Crippen LogP contribution in [0.15, 0.2) is 69.9 Å². The van der Waals surface area contributed by atoms with Crippen LogP contribution in [0.25, 0.3) is 0 Å². The van der Waals surface area contributed by atoms with E-state index in [0.717, 1.165) is 49.7 Å². The molecule has 1 rings (SSSR count). The molecule has 2 atom stereocenters. The zero-order chi connectivity index (χ0) is 32.2. The highest BCUT2D eigenvalue weighted by Gasteiger charge is 2.62. The van der Waals surface area contributed by atoms with Crippen molar-refractivity contribution >= 4 is 28.1 Å². The normalized spacial score (nSPS) is 27.0. The van der Waals surface area contributed by atoms with Gasteiger partial charge in [0.15, 0.2) is 0 Å². The molecule has 0 aliphatic carbocycles. The van der Waals surface area contributed by atoms with Gasteiger partial charge in [-0.25, -0.2) is 4.31 Å². The monoisotopic (exact) mass is 644 g/mol. The average Bonchev–Trinajstić information content (AvgIpc) is 2.81. The van der Waals surface area contributed by atoms with Crippen LogP contribution >= 0.6 is 22.5 Å². The number of rotatable bonds is 16.